The van der Waals surface area contributed by atoms with Crippen LogP contribution in [0.5, 0.6) is 0 Å². The first-order chi connectivity index (χ1) is 5.74. The van der Waals surface area contributed by atoms with Gasteiger partial charge in [0.15, 0.2) is 11.1 Å². The van der Waals surface area contributed by atoms with E-state index in [2.05, 4.69) is 4.98 Å². The molecule has 0 unspecified atom stereocenters. The molecule has 1 N–H and O–H groups in total. The maximum Gasteiger partial charge on any atom is 0.178 e. The van der Waals surface area contributed by atoms with Gasteiger partial charge in [-0.3, -0.25) is 4.79 Å². The number of aldehydes is 1. The van der Waals surface area contributed by atoms with Gasteiger partial charge in [-0.05, 0) is 32.0 Å². The lowest BCUT2D eigenvalue weighted by Crippen LogP contribution is -1.99. The maximum atomic E-state index is 10.7. The lowest BCUT2D eigenvalue weighted by molar-refractivity contribution is 0.111. The molecule has 1 heterocycles. The molecule has 2 rings (SSSR count). The summed E-state index contributed by atoms with van der Waals surface area (Å²) in [7, 11) is 0. The van der Waals surface area contributed by atoms with Crippen LogP contribution in [-0.2, 0) is 0 Å². The van der Waals surface area contributed by atoms with E-state index in [1.165, 1.54) is 0 Å². The van der Waals surface area contributed by atoms with Crippen LogP contribution in [0.3, 0.4) is 0 Å². The van der Waals surface area contributed by atoms with Crippen molar-refractivity contribution in [3.8, 4) is 0 Å². The number of aromatic amines is 1. The van der Waals surface area contributed by atoms with E-state index in [1.54, 1.807) is 0 Å². The van der Waals surface area contributed by atoms with Crippen molar-refractivity contribution in [1.29, 1.82) is 0 Å². The minimum absolute atomic E-state index is 0.475. The molecule has 0 radical (unpaired) electrons. The number of nitrogens with zero attached hydrogens (tertiary/aromatic N) is 1. The Kier molecular flexibility index (Phi) is 1.65. The lowest BCUT2D eigenvalue weighted by Gasteiger charge is -1.99. The van der Waals surface area contributed by atoms with E-state index in [9.17, 15) is 4.79 Å². The van der Waals surface area contributed by atoms with E-state index in [0.29, 0.717) is 16.5 Å². The number of hydrogen-bond donors (Lipinski definition) is 1. The highest BCUT2D eigenvalue weighted by atomic mass is 32.1. The molecule has 0 atom stereocenters. The molecule has 1 aliphatic rings. The number of rotatable bonds is 2. The third-order valence-electron chi connectivity index (χ3n) is 2.18. The summed E-state index contributed by atoms with van der Waals surface area (Å²) in [6.45, 7) is 1.87. The molecule has 0 amide bonds. The Balaban J connectivity index is 2.62. The van der Waals surface area contributed by atoms with Crippen LogP contribution in [-0.4, -0.2) is 15.8 Å². The number of H-pyrrole nitrogens is 1. The van der Waals surface area contributed by atoms with Crippen molar-refractivity contribution in [3.63, 3.8) is 0 Å². The Hall–Kier alpha value is -0.900. The van der Waals surface area contributed by atoms with Gasteiger partial charge in [0.05, 0.1) is 0 Å². The van der Waals surface area contributed by atoms with Crippen molar-refractivity contribution in [1.82, 2.24) is 9.55 Å². The normalized spacial score (nSPS) is 16.4. The monoisotopic (exact) mass is 182 g/mol. The van der Waals surface area contributed by atoms with Gasteiger partial charge in [-0.2, -0.15) is 0 Å². The zero-order valence-corrected chi connectivity index (χ0v) is 7.65. The summed E-state index contributed by atoms with van der Waals surface area (Å²) in [6, 6.07) is 0.475. The van der Waals surface area contributed by atoms with Crippen LogP contribution >= 0.6 is 12.2 Å². The van der Waals surface area contributed by atoms with Gasteiger partial charge in [0.1, 0.15) is 5.69 Å². The van der Waals surface area contributed by atoms with E-state index < -0.39 is 0 Å². The van der Waals surface area contributed by atoms with Crippen molar-refractivity contribution >= 4 is 18.5 Å². The number of carbonyl (C=O) groups excluding carboxylic acids is 1. The summed E-state index contributed by atoms with van der Waals surface area (Å²) in [5, 5.41) is 0. The molecule has 1 fully saturated rings. The summed E-state index contributed by atoms with van der Waals surface area (Å²) in [4.78, 5) is 13.7. The van der Waals surface area contributed by atoms with Gasteiger partial charge >= 0.3 is 0 Å². The largest absolute Gasteiger partial charge is 0.334 e. The Bertz CT molecular complexity index is 373. The Morgan fingerprint density at radius 1 is 1.67 bits per heavy atom. The number of nitrogens with one attached hydrogen (secondary N) is 1. The summed E-state index contributed by atoms with van der Waals surface area (Å²) < 4.78 is 2.61. The second kappa shape index (κ2) is 2.55. The maximum absolute atomic E-state index is 10.7. The van der Waals surface area contributed by atoms with E-state index in [-0.39, 0.29) is 0 Å². The summed E-state index contributed by atoms with van der Waals surface area (Å²) in [5.41, 5.74) is 1.59. The van der Waals surface area contributed by atoms with Gasteiger partial charge in [0, 0.05) is 11.7 Å². The molecule has 64 valence electrons. The van der Waals surface area contributed by atoms with Crippen LogP contribution in [0.25, 0.3) is 0 Å². The highest BCUT2D eigenvalue weighted by Gasteiger charge is 2.27. The summed E-state index contributed by atoms with van der Waals surface area (Å²) in [5.74, 6) is 0. The minimum Gasteiger partial charge on any atom is -0.334 e. The highest BCUT2D eigenvalue weighted by molar-refractivity contribution is 7.71. The van der Waals surface area contributed by atoms with Gasteiger partial charge in [-0.1, -0.05) is 0 Å². The molecular formula is C8H10N2OS. The van der Waals surface area contributed by atoms with Crippen LogP contribution < -0.4 is 0 Å². The number of hydrogen-bond acceptors (Lipinski definition) is 2. The third-order valence-corrected chi connectivity index (χ3v) is 2.48. The fraction of sp³-hybridized carbons (Fsp3) is 0.500. The first-order valence-corrected chi connectivity index (χ1v) is 4.41. The Labute approximate surface area is 75.4 Å². The number of imidazole rings is 1. The predicted molar refractivity (Wildman–Crippen MR) is 48.0 cm³/mol. The Morgan fingerprint density at radius 3 is 2.83 bits per heavy atom. The molecule has 0 aliphatic heterocycles. The first kappa shape index (κ1) is 7.73. The molecule has 4 heteroatoms. The topological polar surface area (TPSA) is 37.8 Å². The lowest BCUT2D eigenvalue weighted by atomic mass is 10.3. The molecule has 1 aromatic heterocycles. The molecule has 1 saturated carbocycles. The third kappa shape index (κ3) is 1.03. The molecule has 0 aromatic carbocycles. The molecule has 1 aromatic rings. The smallest absolute Gasteiger partial charge is 0.178 e. The summed E-state index contributed by atoms with van der Waals surface area (Å²) in [6.07, 6.45) is 3.17. The van der Waals surface area contributed by atoms with Crippen molar-refractivity contribution in [2.45, 2.75) is 25.8 Å². The molecule has 0 spiro atoms. The van der Waals surface area contributed by atoms with Crippen molar-refractivity contribution in [2.24, 2.45) is 0 Å². The summed E-state index contributed by atoms with van der Waals surface area (Å²) >= 11 is 5.09. The van der Waals surface area contributed by atoms with Gasteiger partial charge in [-0.25, -0.2) is 0 Å². The Morgan fingerprint density at radius 2 is 2.33 bits per heavy atom. The highest BCUT2D eigenvalue weighted by Crippen LogP contribution is 2.36. The standard InChI is InChI=1S/C8H10N2OS/c1-5-7(4-11)10(6-2-3-6)8(12)9-5/h4,6H,2-3H2,1H3,(H,9,12). The SMILES string of the molecule is Cc1[nH]c(=S)n(C2CC2)c1C=O. The van der Waals surface area contributed by atoms with Gasteiger partial charge in [0.25, 0.3) is 0 Å². The average Bonchev–Trinajstić information content (AvgIpc) is 2.78. The fourth-order valence-corrected chi connectivity index (χ4v) is 1.82. The van der Waals surface area contributed by atoms with Crippen molar-refractivity contribution in [2.75, 3.05) is 0 Å². The van der Waals surface area contributed by atoms with E-state index >= 15 is 0 Å². The molecular weight excluding hydrogens is 172 g/mol. The predicted octanol–water partition coefficient (Wildman–Crippen LogP) is 2.00. The zero-order valence-electron chi connectivity index (χ0n) is 6.83. The number of aromatic nitrogens is 2. The first-order valence-electron chi connectivity index (χ1n) is 4.00. The quantitative estimate of drug-likeness (QED) is 0.561. The van der Waals surface area contributed by atoms with Crippen molar-refractivity contribution in [3.05, 3.63) is 16.2 Å². The number of aryl methyl sites for hydroxylation is 1. The average molecular weight is 182 g/mol. The second-order valence-electron chi connectivity index (χ2n) is 3.16. The van der Waals surface area contributed by atoms with Gasteiger partial charge in [0.2, 0.25) is 0 Å². The van der Waals surface area contributed by atoms with Crippen LogP contribution in [0.1, 0.15) is 35.1 Å². The molecule has 3 nitrogen and oxygen atoms in total. The molecule has 1 aliphatic carbocycles. The van der Waals surface area contributed by atoms with Crippen LogP contribution in [0.15, 0.2) is 0 Å². The van der Waals surface area contributed by atoms with Crippen LogP contribution in [0.4, 0.5) is 0 Å². The van der Waals surface area contributed by atoms with E-state index in [1.807, 2.05) is 11.5 Å². The minimum atomic E-state index is 0.475. The van der Waals surface area contributed by atoms with Gasteiger partial charge < -0.3 is 9.55 Å². The fourth-order valence-electron chi connectivity index (χ4n) is 1.42. The molecule has 0 bridgehead atoms. The van der Waals surface area contributed by atoms with Crippen LogP contribution in [0.2, 0.25) is 0 Å². The van der Waals surface area contributed by atoms with E-state index in [4.69, 9.17) is 12.2 Å². The molecule has 0 saturated heterocycles. The molecule has 12 heavy (non-hydrogen) atoms. The van der Waals surface area contributed by atoms with E-state index in [0.717, 1.165) is 24.8 Å². The van der Waals surface area contributed by atoms with Crippen molar-refractivity contribution < 1.29 is 4.79 Å². The van der Waals surface area contributed by atoms with Crippen LogP contribution in [0, 0.1) is 11.7 Å². The van der Waals surface area contributed by atoms with Gasteiger partial charge in [-0.15, -0.1) is 0 Å². The number of carbonyl (C=O) groups is 1. The second-order valence-corrected chi connectivity index (χ2v) is 3.55. The zero-order chi connectivity index (χ0) is 8.72.